The molecule has 1 aromatic rings. The Kier molecular flexibility index (Phi) is 3.48. The van der Waals surface area contributed by atoms with E-state index in [1.165, 1.54) is 0 Å². The first-order chi connectivity index (χ1) is 8.59. The highest BCUT2D eigenvalue weighted by molar-refractivity contribution is 6.00. The minimum atomic E-state index is -0.554. The summed E-state index contributed by atoms with van der Waals surface area (Å²) in [5, 5.41) is 0. The van der Waals surface area contributed by atoms with Crippen LogP contribution in [0.3, 0.4) is 0 Å². The SMILES string of the molecule is COC1(C)C(C)=CC=CC1C(=O)c1ccccc1. The van der Waals surface area contributed by atoms with Gasteiger partial charge in [0.25, 0.3) is 0 Å². The van der Waals surface area contributed by atoms with E-state index in [-0.39, 0.29) is 11.7 Å². The van der Waals surface area contributed by atoms with Gasteiger partial charge in [-0.25, -0.2) is 0 Å². The van der Waals surface area contributed by atoms with Crippen molar-refractivity contribution in [3.63, 3.8) is 0 Å². The predicted octanol–water partition coefficient (Wildman–Crippen LogP) is 3.41. The lowest BCUT2D eigenvalue weighted by Crippen LogP contribution is -2.42. The van der Waals surface area contributed by atoms with Crippen LogP contribution in [0.1, 0.15) is 24.2 Å². The van der Waals surface area contributed by atoms with Gasteiger partial charge in [0, 0.05) is 12.7 Å². The first-order valence-corrected chi connectivity index (χ1v) is 6.09. The van der Waals surface area contributed by atoms with Crippen molar-refractivity contribution in [3.8, 4) is 0 Å². The number of benzene rings is 1. The topological polar surface area (TPSA) is 26.3 Å². The van der Waals surface area contributed by atoms with E-state index < -0.39 is 5.60 Å². The van der Waals surface area contributed by atoms with E-state index in [4.69, 9.17) is 4.74 Å². The molecule has 1 aliphatic carbocycles. The third kappa shape index (κ3) is 2.04. The zero-order valence-corrected chi connectivity index (χ0v) is 11.0. The molecule has 0 aliphatic heterocycles. The summed E-state index contributed by atoms with van der Waals surface area (Å²) in [6, 6.07) is 9.37. The van der Waals surface area contributed by atoms with E-state index in [0.29, 0.717) is 0 Å². The summed E-state index contributed by atoms with van der Waals surface area (Å²) in [5.41, 5.74) is 1.24. The molecule has 94 valence electrons. The van der Waals surface area contributed by atoms with Crippen molar-refractivity contribution in [2.24, 2.45) is 5.92 Å². The molecule has 0 aromatic heterocycles. The molecule has 0 saturated carbocycles. The summed E-state index contributed by atoms with van der Waals surface area (Å²) in [6.07, 6.45) is 5.85. The van der Waals surface area contributed by atoms with Crippen molar-refractivity contribution in [1.82, 2.24) is 0 Å². The van der Waals surface area contributed by atoms with E-state index >= 15 is 0 Å². The molecule has 2 unspecified atom stereocenters. The smallest absolute Gasteiger partial charge is 0.172 e. The second-order valence-electron chi connectivity index (χ2n) is 4.75. The maximum absolute atomic E-state index is 12.6. The Balaban J connectivity index is 2.36. The highest BCUT2D eigenvalue weighted by atomic mass is 16.5. The zero-order chi connectivity index (χ0) is 13.2. The van der Waals surface area contributed by atoms with Gasteiger partial charge in [0.15, 0.2) is 5.78 Å². The number of ether oxygens (including phenoxy) is 1. The fraction of sp³-hybridized carbons (Fsp3) is 0.312. The molecule has 1 aliphatic rings. The van der Waals surface area contributed by atoms with Crippen molar-refractivity contribution >= 4 is 5.78 Å². The van der Waals surface area contributed by atoms with Crippen molar-refractivity contribution in [3.05, 3.63) is 59.7 Å². The number of hydrogen-bond donors (Lipinski definition) is 0. The number of ketones is 1. The summed E-state index contributed by atoms with van der Waals surface area (Å²) in [7, 11) is 1.65. The standard InChI is InChI=1S/C16H18O2/c1-12-8-7-11-14(16(12,2)18-3)15(17)13-9-5-4-6-10-13/h4-11,14H,1-3H3. The van der Waals surface area contributed by atoms with E-state index in [0.717, 1.165) is 11.1 Å². The van der Waals surface area contributed by atoms with Gasteiger partial charge in [0.2, 0.25) is 0 Å². The average molecular weight is 242 g/mol. The molecule has 2 nitrogen and oxygen atoms in total. The van der Waals surface area contributed by atoms with Gasteiger partial charge in [-0.2, -0.15) is 0 Å². The van der Waals surface area contributed by atoms with Gasteiger partial charge in [-0.15, -0.1) is 0 Å². The molecular weight excluding hydrogens is 224 g/mol. The molecule has 0 spiro atoms. The Morgan fingerprint density at radius 2 is 1.94 bits per heavy atom. The van der Waals surface area contributed by atoms with Crippen LogP contribution in [-0.4, -0.2) is 18.5 Å². The molecule has 1 aromatic carbocycles. The number of allylic oxidation sites excluding steroid dienone is 2. The number of hydrogen-bond acceptors (Lipinski definition) is 2. The second-order valence-corrected chi connectivity index (χ2v) is 4.75. The molecule has 0 amide bonds. The Labute approximate surface area is 108 Å². The van der Waals surface area contributed by atoms with Crippen LogP contribution < -0.4 is 0 Å². The fourth-order valence-electron chi connectivity index (χ4n) is 2.31. The molecule has 2 atom stereocenters. The van der Waals surface area contributed by atoms with Gasteiger partial charge in [-0.05, 0) is 19.4 Å². The van der Waals surface area contributed by atoms with Crippen LogP contribution in [-0.2, 0) is 4.74 Å². The summed E-state index contributed by atoms with van der Waals surface area (Å²) in [6.45, 7) is 3.96. The van der Waals surface area contributed by atoms with E-state index in [1.54, 1.807) is 7.11 Å². The minimum absolute atomic E-state index is 0.101. The zero-order valence-electron chi connectivity index (χ0n) is 11.0. The third-order valence-electron chi connectivity index (χ3n) is 3.79. The lowest BCUT2D eigenvalue weighted by Gasteiger charge is -2.37. The van der Waals surface area contributed by atoms with Gasteiger partial charge in [0.05, 0.1) is 11.5 Å². The molecule has 18 heavy (non-hydrogen) atoms. The van der Waals surface area contributed by atoms with E-state index in [2.05, 4.69) is 0 Å². The maximum atomic E-state index is 12.6. The Morgan fingerprint density at radius 1 is 1.28 bits per heavy atom. The Morgan fingerprint density at radius 3 is 2.56 bits per heavy atom. The quantitative estimate of drug-likeness (QED) is 0.759. The van der Waals surface area contributed by atoms with Crippen LogP contribution in [0, 0.1) is 5.92 Å². The normalized spacial score (nSPS) is 26.8. The van der Waals surface area contributed by atoms with Gasteiger partial charge in [-0.3, -0.25) is 4.79 Å². The number of carbonyl (C=O) groups is 1. The van der Waals surface area contributed by atoms with Crippen LogP contribution >= 0.6 is 0 Å². The Bertz CT molecular complexity index is 499. The minimum Gasteiger partial charge on any atom is -0.373 e. The van der Waals surface area contributed by atoms with Crippen molar-refractivity contribution < 1.29 is 9.53 Å². The highest BCUT2D eigenvalue weighted by Gasteiger charge is 2.40. The monoisotopic (exact) mass is 242 g/mol. The van der Waals surface area contributed by atoms with Crippen molar-refractivity contribution in [2.75, 3.05) is 7.11 Å². The predicted molar refractivity (Wildman–Crippen MR) is 72.6 cm³/mol. The van der Waals surface area contributed by atoms with E-state index in [1.807, 2.05) is 62.4 Å². The summed E-state index contributed by atoms with van der Waals surface area (Å²) in [4.78, 5) is 12.6. The lowest BCUT2D eigenvalue weighted by molar-refractivity contribution is 0.00610. The summed E-state index contributed by atoms with van der Waals surface area (Å²) < 4.78 is 5.61. The first kappa shape index (κ1) is 12.8. The first-order valence-electron chi connectivity index (χ1n) is 6.09. The van der Waals surface area contributed by atoms with Gasteiger partial charge in [-0.1, -0.05) is 48.6 Å². The summed E-state index contributed by atoms with van der Waals surface area (Å²) in [5.74, 6) is -0.168. The third-order valence-corrected chi connectivity index (χ3v) is 3.79. The van der Waals surface area contributed by atoms with E-state index in [9.17, 15) is 4.79 Å². The fourth-order valence-corrected chi connectivity index (χ4v) is 2.31. The van der Waals surface area contributed by atoms with Crippen molar-refractivity contribution in [2.45, 2.75) is 19.4 Å². The number of Topliss-reactive ketones (excluding diaryl/α,β-unsaturated/α-hetero) is 1. The second kappa shape index (κ2) is 4.91. The van der Waals surface area contributed by atoms with Crippen molar-refractivity contribution in [1.29, 1.82) is 0 Å². The number of carbonyl (C=O) groups excluding carboxylic acids is 1. The number of methoxy groups -OCH3 is 1. The molecule has 0 N–H and O–H groups in total. The van der Waals surface area contributed by atoms with Gasteiger partial charge < -0.3 is 4.74 Å². The number of rotatable bonds is 3. The molecular formula is C16H18O2. The highest BCUT2D eigenvalue weighted by Crippen LogP contribution is 2.35. The maximum Gasteiger partial charge on any atom is 0.172 e. The lowest BCUT2D eigenvalue weighted by atomic mass is 9.76. The Hall–Kier alpha value is -1.67. The van der Waals surface area contributed by atoms with Crippen LogP contribution in [0.5, 0.6) is 0 Å². The van der Waals surface area contributed by atoms with Gasteiger partial charge >= 0.3 is 0 Å². The molecule has 0 saturated heterocycles. The molecule has 2 rings (SSSR count). The largest absolute Gasteiger partial charge is 0.373 e. The van der Waals surface area contributed by atoms with Crippen LogP contribution in [0.25, 0.3) is 0 Å². The van der Waals surface area contributed by atoms with Crippen LogP contribution in [0.4, 0.5) is 0 Å². The summed E-state index contributed by atoms with van der Waals surface area (Å²) >= 11 is 0. The molecule has 0 bridgehead atoms. The van der Waals surface area contributed by atoms with Crippen LogP contribution in [0.15, 0.2) is 54.1 Å². The molecule has 0 radical (unpaired) electrons. The van der Waals surface area contributed by atoms with Crippen LogP contribution in [0.2, 0.25) is 0 Å². The molecule has 2 heteroatoms. The molecule has 0 fully saturated rings. The average Bonchev–Trinajstić information content (AvgIpc) is 2.42. The molecule has 0 heterocycles. The van der Waals surface area contributed by atoms with Gasteiger partial charge in [0.1, 0.15) is 0 Å².